The van der Waals surface area contributed by atoms with Gasteiger partial charge in [-0.2, -0.15) is 0 Å². The van der Waals surface area contributed by atoms with E-state index in [1.807, 2.05) is 19.3 Å². The summed E-state index contributed by atoms with van der Waals surface area (Å²) in [5, 5.41) is 0. The maximum Gasteiger partial charge on any atom is 0.225 e. The number of nitrogens with zero attached hydrogens (tertiary/aromatic N) is 4. The van der Waals surface area contributed by atoms with Gasteiger partial charge < -0.3 is 15.5 Å². The van der Waals surface area contributed by atoms with E-state index in [-0.39, 0.29) is 6.04 Å². The fraction of sp³-hybridized carbons (Fsp3) is 0.714. The van der Waals surface area contributed by atoms with Crippen molar-refractivity contribution in [2.45, 2.75) is 38.3 Å². The zero-order chi connectivity index (χ0) is 13.8. The van der Waals surface area contributed by atoms with E-state index in [0.29, 0.717) is 6.04 Å². The lowest BCUT2D eigenvalue weighted by Gasteiger charge is -2.36. The molecule has 0 amide bonds. The van der Waals surface area contributed by atoms with Gasteiger partial charge in [-0.1, -0.05) is 0 Å². The van der Waals surface area contributed by atoms with E-state index in [0.717, 1.165) is 31.0 Å². The summed E-state index contributed by atoms with van der Waals surface area (Å²) < 4.78 is 0. The third-order valence-corrected chi connectivity index (χ3v) is 3.66. The van der Waals surface area contributed by atoms with Crippen LogP contribution < -0.4 is 10.6 Å². The van der Waals surface area contributed by atoms with Crippen molar-refractivity contribution >= 4 is 5.95 Å². The minimum Gasteiger partial charge on any atom is -0.339 e. The van der Waals surface area contributed by atoms with E-state index in [9.17, 15) is 0 Å². The molecule has 1 aliphatic rings. The van der Waals surface area contributed by atoms with Crippen molar-refractivity contribution in [3.63, 3.8) is 0 Å². The third kappa shape index (κ3) is 3.88. The van der Waals surface area contributed by atoms with Crippen LogP contribution in [0.4, 0.5) is 5.95 Å². The lowest BCUT2D eigenvalue weighted by atomic mass is 10.1. The van der Waals surface area contributed by atoms with Crippen molar-refractivity contribution in [1.29, 1.82) is 0 Å². The molecule has 0 bridgehead atoms. The van der Waals surface area contributed by atoms with Gasteiger partial charge in [0.25, 0.3) is 0 Å². The molecule has 5 nitrogen and oxygen atoms in total. The predicted octanol–water partition coefficient (Wildman–Crippen LogP) is 0.897. The Labute approximate surface area is 115 Å². The predicted molar refractivity (Wildman–Crippen MR) is 78.3 cm³/mol. The number of likely N-dealkylation sites (N-methyl/N-ethyl adjacent to an activating group) is 1. The molecule has 1 aromatic heterocycles. The SMILES string of the molecule is CC(N)Cc1cnc(N2CCCC(N(C)C)C2)nc1. The molecule has 1 fully saturated rings. The number of aromatic nitrogens is 2. The Hall–Kier alpha value is -1.20. The highest BCUT2D eigenvalue weighted by Gasteiger charge is 2.22. The van der Waals surface area contributed by atoms with Crippen molar-refractivity contribution < 1.29 is 0 Å². The van der Waals surface area contributed by atoms with Gasteiger partial charge in [-0.3, -0.25) is 0 Å². The van der Waals surface area contributed by atoms with E-state index < -0.39 is 0 Å². The van der Waals surface area contributed by atoms with Crippen LogP contribution in [0.5, 0.6) is 0 Å². The van der Waals surface area contributed by atoms with Crippen molar-refractivity contribution in [2.24, 2.45) is 5.73 Å². The topological polar surface area (TPSA) is 58.3 Å². The number of nitrogens with two attached hydrogens (primary N) is 1. The summed E-state index contributed by atoms with van der Waals surface area (Å²) >= 11 is 0. The molecule has 5 heteroatoms. The van der Waals surface area contributed by atoms with E-state index in [2.05, 4.69) is 33.9 Å². The second-order valence-electron chi connectivity index (χ2n) is 5.78. The fourth-order valence-electron chi connectivity index (χ4n) is 2.55. The Morgan fingerprint density at radius 1 is 1.42 bits per heavy atom. The molecule has 1 aliphatic heterocycles. The molecule has 0 aromatic carbocycles. The van der Waals surface area contributed by atoms with Crippen LogP contribution in [0.1, 0.15) is 25.3 Å². The van der Waals surface area contributed by atoms with Gasteiger partial charge in [-0.25, -0.2) is 9.97 Å². The molecule has 2 heterocycles. The quantitative estimate of drug-likeness (QED) is 0.874. The number of hydrogen-bond donors (Lipinski definition) is 1. The second kappa shape index (κ2) is 6.30. The van der Waals surface area contributed by atoms with Gasteiger partial charge in [0, 0.05) is 37.6 Å². The van der Waals surface area contributed by atoms with E-state index >= 15 is 0 Å². The highest BCUT2D eigenvalue weighted by molar-refractivity contribution is 5.31. The largest absolute Gasteiger partial charge is 0.339 e. The summed E-state index contributed by atoms with van der Waals surface area (Å²) in [6.07, 6.45) is 7.11. The zero-order valence-corrected chi connectivity index (χ0v) is 12.2. The number of anilines is 1. The molecule has 0 spiro atoms. The van der Waals surface area contributed by atoms with Crippen LogP contribution in [0.3, 0.4) is 0 Å². The van der Waals surface area contributed by atoms with E-state index in [1.165, 1.54) is 12.8 Å². The molecule has 2 unspecified atom stereocenters. The van der Waals surface area contributed by atoms with E-state index in [1.54, 1.807) is 0 Å². The van der Waals surface area contributed by atoms with Crippen LogP contribution in [0.15, 0.2) is 12.4 Å². The van der Waals surface area contributed by atoms with Gasteiger partial charge in [0.1, 0.15) is 0 Å². The summed E-state index contributed by atoms with van der Waals surface area (Å²) in [5.74, 6) is 0.847. The first-order valence-corrected chi connectivity index (χ1v) is 7.04. The first kappa shape index (κ1) is 14.2. The summed E-state index contributed by atoms with van der Waals surface area (Å²) in [4.78, 5) is 13.5. The highest BCUT2D eigenvalue weighted by atomic mass is 15.3. The Morgan fingerprint density at radius 3 is 2.68 bits per heavy atom. The van der Waals surface area contributed by atoms with Crippen molar-refractivity contribution in [1.82, 2.24) is 14.9 Å². The second-order valence-corrected chi connectivity index (χ2v) is 5.78. The van der Waals surface area contributed by atoms with Gasteiger partial charge in [0.2, 0.25) is 5.95 Å². The van der Waals surface area contributed by atoms with Crippen LogP contribution in [0, 0.1) is 0 Å². The Bertz CT molecular complexity index is 387. The van der Waals surface area contributed by atoms with Gasteiger partial charge in [0.05, 0.1) is 0 Å². The molecule has 2 atom stereocenters. The van der Waals surface area contributed by atoms with Gasteiger partial charge >= 0.3 is 0 Å². The molecule has 0 radical (unpaired) electrons. The van der Waals surface area contributed by atoms with Gasteiger partial charge in [-0.15, -0.1) is 0 Å². The summed E-state index contributed by atoms with van der Waals surface area (Å²) in [7, 11) is 4.28. The Morgan fingerprint density at radius 2 is 2.11 bits per heavy atom. The first-order chi connectivity index (χ1) is 9.06. The maximum atomic E-state index is 5.79. The molecule has 1 aromatic rings. The van der Waals surface area contributed by atoms with Crippen molar-refractivity contribution in [3.8, 4) is 0 Å². The number of rotatable bonds is 4. The smallest absolute Gasteiger partial charge is 0.225 e. The minimum atomic E-state index is 0.155. The average molecular weight is 263 g/mol. The molecule has 1 saturated heterocycles. The van der Waals surface area contributed by atoms with Gasteiger partial charge in [-0.05, 0) is 45.8 Å². The van der Waals surface area contributed by atoms with Gasteiger partial charge in [0.15, 0.2) is 0 Å². The third-order valence-electron chi connectivity index (χ3n) is 3.66. The van der Waals surface area contributed by atoms with Crippen LogP contribution in [-0.2, 0) is 6.42 Å². The Balaban J connectivity index is 2.01. The van der Waals surface area contributed by atoms with Crippen LogP contribution in [0.25, 0.3) is 0 Å². The van der Waals surface area contributed by atoms with E-state index in [4.69, 9.17) is 5.73 Å². The molecule has 0 saturated carbocycles. The van der Waals surface area contributed by atoms with Crippen LogP contribution in [0.2, 0.25) is 0 Å². The maximum absolute atomic E-state index is 5.79. The fourth-order valence-corrected chi connectivity index (χ4v) is 2.55. The van der Waals surface area contributed by atoms with Crippen LogP contribution >= 0.6 is 0 Å². The average Bonchev–Trinajstić information content (AvgIpc) is 2.39. The lowest BCUT2D eigenvalue weighted by molar-refractivity contribution is 0.257. The number of hydrogen-bond acceptors (Lipinski definition) is 5. The van der Waals surface area contributed by atoms with Crippen LogP contribution in [-0.4, -0.2) is 54.1 Å². The number of piperidine rings is 1. The first-order valence-electron chi connectivity index (χ1n) is 7.04. The monoisotopic (exact) mass is 263 g/mol. The molecular formula is C14H25N5. The summed E-state index contributed by atoms with van der Waals surface area (Å²) in [6, 6.07) is 0.753. The molecule has 2 rings (SSSR count). The molecule has 0 aliphatic carbocycles. The molecule has 106 valence electrons. The zero-order valence-electron chi connectivity index (χ0n) is 12.2. The summed E-state index contributed by atoms with van der Waals surface area (Å²) in [6.45, 7) is 4.07. The highest BCUT2D eigenvalue weighted by Crippen LogP contribution is 2.18. The molecule has 19 heavy (non-hydrogen) atoms. The van der Waals surface area contributed by atoms with Crippen molar-refractivity contribution in [3.05, 3.63) is 18.0 Å². The molecule has 2 N–H and O–H groups in total. The Kier molecular flexibility index (Phi) is 4.71. The van der Waals surface area contributed by atoms with Crippen molar-refractivity contribution in [2.75, 3.05) is 32.1 Å². The normalized spacial score (nSPS) is 21.7. The lowest BCUT2D eigenvalue weighted by Crippen LogP contribution is -2.45. The molecular weight excluding hydrogens is 238 g/mol. The standard InChI is InChI=1S/C14H25N5/c1-11(15)7-12-8-16-14(17-9-12)19-6-4-5-13(10-19)18(2)3/h8-9,11,13H,4-7,10,15H2,1-3H3. The summed E-state index contributed by atoms with van der Waals surface area (Å²) in [5.41, 5.74) is 6.90. The minimum absolute atomic E-state index is 0.155.